The summed E-state index contributed by atoms with van der Waals surface area (Å²) >= 11 is 0. The van der Waals surface area contributed by atoms with Gasteiger partial charge >= 0.3 is 0 Å². The van der Waals surface area contributed by atoms with Crippen molar-refractivity contribution in [1.82, 2.24) is 0 Å². The molecule has 0 aromatic heterocycles. The van der Waals surface area contributed by atoms with Gasteiger partial charge in [0.25, 0.3) is 0 Å². The average molecular weight is 408 g/mol. The highest BCUT2D eigenvalue weighted by atomic mass is 14.9. The van der Waals surface area contributed by atoms with Gasteiger partial charge in [0.05, 0.1) is 6.04 Å². The van der Waals surface area contributed by atoms with E-state index in [9.17, 15) is 0 Å². The van der Waals surface area contributed by atoms with E-state index >= 15 is 0 Å². The van der Waals surface area contributed by atoms with Crippen LogP contribution >= 0.6 is 0 Å². The van der Waals surface area contributed by atoms with Gasteiger partial charge in [0.1, 0.15) is 0 Å². The maximum atomic E-state index is 4.02. The lowest BCUT2D eigenvalue weighted by molar-refractivity contribution is 0.590. The van der Waals surface area contributed by atoms with Gasteiger partial charge in [-0.05, 0) is 47.4 Å². The van der Waals surface area contributed by atoms with Crippen molar-refractivity contribution in [3.63, 3.8) is 0 Å². The fraction of sp³-hybridized carbons (Fsp3) is 0.448. The van der Waals surface area contributed by atoms with Gasteiger partial charge < -0.3 is 5.32 Å². The molecule has 1 unspecified atom stereocenters. The highest BCUT2D eigenvalue weighted by molar-refractivity contribution is 5.48. The van der Waals surface area contributed by atoms with Crippen LogP contribution in [0.4, 0.5) is 5.69 Å². The van der Waals surface area contributed by atoms with E-state index < -0.39 is 0 Å². The molecule has 1 heteroatoms. The number of benzene rings is 2. The first-order chi connectivity index (χ1) is 13.9. The Hall–Kier alpha value is -2.28. The van der Waals surface area contributed by atoms with E-state index in [2.05, 4.69) is 115 Å². The molecule has 0 radical (unpaired) electrons. The second-order valence-electron chi connectivity index (χ2n) is 9.51. The smallest absolute Gasteiger partial charge is 0.0502 e. The minimum absolute atomic E-state index is 0.202. The number of hydrogen-bond donors (Lipinski definition) is 1. The summed E-state index contributed by atoms with van der Waals surface area (Å²) < 4.78 is 0. The lowest BCUT2D eigenvalue weighted by Crippen LogP contribution is -2.19. The minimum atomic E-state index is 0.202. The predicted octanol–water partition coefficient (Wildman–Crippen LogP) is 8.93. The Kier molecular flexibility index (Phi) is 12.1. The molecule has 0 aliphatic carbocycles. The van der Waals surface area contributed by atoms with Gasteiger partial charge in [-0.2, -0.15) is 0 Å². The van der Waals surface area contributed by atoms with Crippen molar-refractivity contribution in [3.05, 3.63) is 90.5 Å². The van der Waals surface area contributed by atoms with E-state index in [0.29, 0.717) is 5.41 Å². The summed E-state index contributed by atoms with van der Waals surface area (Å²) in [5.41, 5.74) is 5.51. The van der Waals surface area contributed by atoms with Crippen molar-refractivity contribution in [3.8, 4) is 0 Å². The third-order valence-corrected chi connectivity index (χ3v) is 4.73. The Bertz CT molecular complexity index is 725. The minimum Gasteiger partial charge on any atom is -0.378 e. The zero-order valence-electron chi connectivity index (χ0n) is 21.0. The van der Waals surface area contributed by atoms with E-state index in [1.807, 2.05) is 26.8 Å². The largest absolute Gasteiger partial charge is 0.378 e. The standard InChI is InChI=1S/C17H25N.C10H14.C2H6/c1-7-8-16(13(2)3)18-15-11-9-14(10-12-15)17(4,5)6;1-10(2,3)9-7-5-4-6-8-9;1-2/h7,9-12,16,18H,1-2,8H2,3-6H3;4-8H,1-3H3;1-2H3. The Morgan fingerprint density at radius 2 is 1.27 bits per heavy atom. The Balaban J connectivity index is 0.000000590. The van der Waals surface area contributed by atoms with Crippen LogP contribution in [0.3, 0.4) is 0 Å². The molecule has 2 aromatic rings. The van der Waals surface area contributed by atoms with Crippen molar-refractivity contribution in [1.29, 1.82) is 0 Å². The highest BCUT2D eigenvalue weighted by Crippen LogP contribution is 2.24. The van der Waals surface area contributed by atoms with Gasteiger partial charge in [0.2, 0.25) is 0 Å². The van der Waals surface area contributed by atoms with E-state index in [0.717, 1.165) is 17.7 Å². The molecule has 166 valence electrons. The van der Waals surface area contributed by atoms with Gasteiger partial charge in [-0.25, -0.2) is 0 Å². The van der Waals surface area contributed by atoms with Crippen LogP contribution in [0.2, 0.25) is 0 Å². The Labute approximate surface area is 187 Å². The Morgan fingerprint density at radius 1 is 0.833 bits per heavy atom. The zero-order valence-corrected chi connectivity index (χ0v) is 21.0. The lowest BCUT2D eigenvalue weighted by atomic mass is 9.87. The van der Waals surface area contributed by atoms with Crippen LogP contribution in [0.1, 0.15) is 79.9 Å². The number of hydrogen-bond acceptors (Lipinski definition) is 1. The summed E-state index contributed by atoms with van der Waals surface area (Å²) in [7, 11) is 0. The van der Waals surface area contributed by atoms with Crippen molar-refractivity contribution in [2.75, 3.05) is 5.32 Å². The molecule has 0 aliphatic heterocycles. The van der Waals surface area contributed by atoms with Gasteiger partial charge in [0.15, 0.2) is 0 Å². The van der Waals surface area contributed by atoms with Gasteiger partial charge in [-0.1, -0.05) is 116 Å². The molecule has 1 N–H and O–H groups in total. The zero-order chi connectivity index (χ0) is 23.4. The van der Waals surface area contributed by atoms with Crippen LogP contribution in [0, 0.1) is 0 Å². The number of anilines is 1. The second-order valence-corrected chi connectivity index (χ2v) is 9.51. The highest BCUT2D eigenvalue weighted by Gasteiger charge is 2.14. The van der Waals surface area contributed by atoms with Crippen molar-refractivity contribution in [2.24, 2.45) is 0 Å². The topological polar surface area (TPSA) is 12.0 Å². The molecule has 0 saturated heterocycles. The predicted molar refractivity (Wildman–Crippen MR) is 139 cm³/mol. The van der Waals surface area contributed by atoms with Crippen LogP contribution in [0.25, 0.3) is 0 Å². The normalized spacial score (nSPS) is 11.8. The second kappa shape index (κ2) is 13.1. The van der Waals surface area contributed by atoms with Crippen molar-refractivity contribution < 1.29 is 0 Å². The fourth-order valence-electron chi connectivity index (χ4n) is 2.76. The van der Waals surface area contributed by atoms with Crippen LogP contribution < -0.4 is 5.32 Å². The number of nitrogens with one attached hydrogen (secondary N) is 1. The van der Waals surface area contributed by atoms with Crippen molar-refractivity contribution in [2.45, 2.75) is 85.6 Å². The summed E-state index contributed by atoms with van der Waals surface area (Å²) in [6, 6.07) is 19.5. The van der Waals surface area contributed by atoms with E-state index in [4.69, 9.17) is 0 Å². The fourth-order valence-corrected chi connectivity index (χ4v) is 2.76. The molecule has 0 amide bonds. The van der Waals surface area contributed by atoms with Gasteiger partial charge in [0, 0.05) is 5.69 Å². The molecule has 0 bridgehead atoms. The molecule has 0 heterocycles. The maximum Gasteiger partial charge on any atom is 0.0502 e. The number of rotatable bonds is 5. The maximum absolute atomic E-state index is 4.02. The molecule has 30 heavy (non-hydrogen) atoms. The summed E-state index contributed by atoms with van der Waals surface area (Å²) in [5.74, 6) is 0. The van der Waals surface area contributed by atoms with Crippen LogP contribution in [0.5, 0.6) is 0 Å². The van der Waals surface area contributed by atoms with Crippen LogP contribution in [-0.2, 0) is 10.8 Å². The first kappa shape index (κ1) is 27.7. The molecule has 0 fully saturated rings. The Morgan fingerprint density at radius 3 is 1.60 bits per heavy atom. The van der Waals surface area contributed by atoms with E-state index in [1.54, 1.807) is 0 Å². The third kappa shape index (κ3) is 10.5. The molecule has 2 rings (SSSR count). The summed E-state index contributed by atoms with van der Waals surface area (Å²) in [5, 5.41) is 3.49. The average Bonchev–Trinajstić information content (AvgIpc) is 2.69. The SMILES string of the molecule is C=CCC(Nc1ccc(C(C)(C)C)cc1)C(=C)C.CC.CC(C)(C)c1ccccc1. The van der Waals surface area contributed by atoms with Gasteiger partial charge in [-0.3, -0.25) is 0 Å². The van der Waals surface area contributed by atoms with E-state index in [-0.39, 0.29) is 11.5 Å². The van der Waals surface area contributed by atoms with Crippen LogP contribution in [0.15, 0.2) is 79.4 Å². The summed E-state index contributed by atoms with van der Waals surface area (Å²) in [4.78, 5) is 0. The molecule has 0 saturated carbocycles. The monoisotopic (exact) mass is 407 g/mol. The lowest BCUT2D eigenvalue weighted by Gasteiger charge is -2.21. The summed E-state index contributed by atoms with van der Waals surface area (Å²) in [6.07, 6.45) is 2.83. The summed E-state index contributed by atoms with van der Waals surface area (Å²) in [6.45, 7) is 27.2. The quantitative estimate of drug-likeness (QED) is 0.488. The van der Waals surface area contributed by atoms with Crippen molar-refractivity contribution >= 4 is 5.69 Å². The van der Waals surface area contributed by atoms with Gasteiger partial charge in [-0.15, -0.1) is 6.58 Å². The molecule has 0 aliphatic rings. The molecular formula is C29H45N. The van der Waals surface area contributed by atoms with E-state index in [1.165, 1.54) is 11.1 Å². The molecular weight excluding hydrogens is 362 g/mol. The molecule has 0 spiro atoms. The first-order valence-corrected chi connectivity index (χ1v) is 11.1. The third-order valence-electron chi connectivity index (χ3n) is 4.73. The molecule has 1 nitrogen and oxygen atoms in total. The van der Waals surface area contributed by atoms with Crippen LogP contribution in [-0.4, -0.2) is 6.04 Å². The first-order valence-electron chi connectivity index (χ1n) is 11.1. The molecule has 1 atom stereocenters. The molecule has 2 aromatic carbocycles.